The van der Waals surface area contributed by atoms with Gasteiger partial charge in [0, 0.05) is 40.0 Å². The van der Waals surface area contributed by atoms with Crippen molar-refractivity contribution >= 4 is 104 Å². The summed E-state index contributed by atoms with van der Waals surface area (Å²) in [4.78, 5) is 30.7. The first-order valence-corrected chi connectivity index (χ1v) is 26.5. The Bertz CT molecular complexity index is 2950. The first kappa shape index (κ1) is 54.0. The number of fused-ring (bicyclic) bond motifs is 2. The number of sulfonamides is 2. The molecule has 2 saturated heterocycles. The molecule has 2 aliphatic rings. The number of nitrogens with one attached hydrogen (secondary N) is 3. The Hall–Kier alpha value is -4.31. The second kappa shape index (κ2) is 23.3. The van der Waals surface area contributed by atoms with E-state index in [1.165, 1.54) is 43.0 Å². The summed E-state index contributed by atoms with van der Waals surface area (Å²) in [6.07, 6.45) is -2.98. The maximum Gasteiger partial charge on any atom is 0.393 e. The third kappa shape index (κ3) is 16.4. The largest absolute Gasteiger partial charge is 0.393 e. The van der Waals surface area contributed by atoms with E-state index in [-0.39, 0.29) is 30.1 Å². The number of benzene rings is 2. The Morgan fingerprint density at radius 1 is 0.696 bits per heavy atom. The SMILES string of the molecule is FC(F)(F)Cc1cc2c(NCC3CCNCC3)ncnc2s1.NS(=O)(=O)c1ccc(C=O)c(Cl)c1.NS(=O)(=O)c1ccc(CN2CCC(CNc3ncnc4sc(CC(F)(F)F)cc34)CC2)c(Cl)c1. The predicted molar refractivity (Wildman–Crippen MR) is 256 cm³/mol. The number of rotatable bonds is 13. The van der Waals surface area contributed by atoms with Gasteiger partial charge in [-0.2, -0.15) is 26.3 Å². The molecule has 374 valence electrons. The molecule has 0 spiro atoms. The van der Waals surface area contributed by atoms with Crippen molar-refractivity contribution in [2.75, 3.05) is 49.9 Å². The minimum absolute atomic E-state index is 0.0130. The van der Waals surface area contributed by atoms with Crippen LogP contribution < -0.4 is 26.2 Å². The van der Waals surface area contributed by atoms with Crippen LogP contribution in [0.5, 0.6) is 0 Å². The van der Waals surface area contributed by atoms with Crippen molar-refractivity contribution in [3.05, 3.63) is 92.1 Å². The van der Waals surface area contributed by atoms with Crippen molar-refractivity contribution in [2.24, 2.45) is 22.1 Å². The standard InChI is InChI=1S/C21H23ClF3N5O2S2.C14H17F3N4S.C7H6ClNO3S/c22-18-8-16(34(26,31)32)2-1-14(18)11-30-5-3-13(4-6-30)10-27-19-17-7-15(9-21(23,24)25)33-20(17)29-12-28-19;15-14(16,17)6-10-5-11-12(20-8-21-13(11)22-10)19-7-9-1-3-18-4-2-9;8-7-3-6(13(9,11)12)2-1-5(7)4-10/h1-2,7-8,12-13H,3-6,9-11H2,(H2,26,31,32)(H,27,28,29);5,8-9,18H,1-4,6-7H2,(H,19,20,21);1-4H,(H2,9,11,12). The molecule has 0 bridgehead atoms. The number of piperidine rings is 2. The first-order chi connectivity index (χ1) is 32.4. The van der Waals surface area contributed by atoms with E-state index in [9.17, 15) is 48.0 Å². The number of aldehydes is 1. The molecule has 2 aromatic carbocycles. The number of hydrogen-bond acceptors (Lipinski definition) is 15. The number of carbonyl (C=O) groups is 1. The van der Waals surface area contributed by atoms with Gasteiger partial charge in [0.25, 0.3) is 0 Å². The van der Waals surface area contributed by atoms with Crippen molar-refractivity contribution in [3.63, 3.8) is 0 Å². The molecule has 0 atom stereocenters. The molecule has 2 fully saturated rings. The van der Waals surface area contributed by atoms with E-state index in [0.29, 0.717) is 68.3 Å². The van der Waals surface area contributed by atoms with Gasteiger partial charge < -0.3 is 16.0 Å². The summed E-state index contributed by atoms with van der Waals surface area (Å²) in [5.41, 5.74) is 1.07. The summed E-state index contributed by atoms with van der Waals surface area (Å²) >= 11 is 14.0. The molecule has 15 nitrogen and oxygen atoms in total. The second-order valence-electron chi connectivity index (χ2n) is 16.2. The highest BCUT2D eigenvalue weighted by Gasteiger charge is 2.30. The molecule has 0 amide bonds. The molecule has 0 radical (unpaired) electrons. The van der Waals surface area contributed by atoms with E-state index in [1.54, 1.807) is 12.1 Å². The maximum absolute atomic E-state index is 12.7. The summed E-state index contributed by atoms with van der Waals surface area (Å²) in [5, 5.41) is 21.6. The Labute approximate surface area is 411 Å². The van der Waals surface area contributed by atoms with Crippen molar-refractivity contribution in [1.82, 2.24) is 30.2 Å². The number of hydrogen-bond donors (Lipinski definition) is 5. The topological polar surface area (TPSA) is 228 Å². The Kier molecular flexibility index (Phi) is 18.2. The number of anilines is 2. The number of halogens is 8. The van der Waals surface area contributed by atoms with Gasteiger partial charge in [-0.15, -0.1) is 22.7 Å². The van der Waals surface area contributed by atoms with Crippen molar-refractivity contribution in [1.29, 1.82) is 0 Å². The fourth-order valence-electron chi connectivity index (χ4n) is 7.43. The summed E-state index contributed by atoms with van der Waals surface area (Å²) in [5.74, 6) is 2.14. The van der Waals surface area contributed by atoms with Crippen LogP contribution in [0.1, 0.15) is 51.4 Å². The zero-order valence-corrected chi connectivity index (χ0v) is 41.1. The molecule has 8 rings (SSSR count). The van der Waals surface area contributed by atoms with Gasteiger partial charge in [0.05, 0.1) is 38.4 Å². The lowest BCUT2D eigenvalue weighted by Gasteiger charge is -2.32. The minimum atomic E-state index is -4.26. The smallest absolute Gasteiger partial charge is 0.369 e. The second-order valence-corrected chi connectivity index (χ2v) is 22.4. The third-order valence-corrected chi connectivity index (χ3v) is 15.6. The molecule has 0 unspecified atom stereocenters. The molecule has 27 heteroatoms. The highest BCUT2D eigenvalue weighted by atomic mass is 35.5. The lowest BCUT2D eigenvalue weighted by Crippen LogP contribution is -2.35. The van der Waals surface area contributed by atoms with E-state index >= 15 is 0 Å². The Balaban J connectivity index is 0.000000190. The fraction of sp³-hybridized carbons (Fsp3) is 0.405. The molecule has 4 aromatic heterocycles. The molecule has 7 N–H and O–H groups in total. The molecule has 0 saturated carbocycles. The molecule has 2 aliphatic heterocycles. The summed E-state index contributed by atoms with van der Waals surface area (Å²) in [7, 11) is -7.55. The van der Waals surface area contributed by atoms with Gasteiger partial charge >= 0.3 is 12.4 Å². The zero-order valence-electron chi connectivity index (χ0n) is 36.3. The number of thiophene rings is 2. The van der Waals surface area contributed by atoms with Crippen LogP contribution in [-0.4, -0.2) is 99.6 Å². The highest BCUT2D eigenvalue weighted by Crippen LogP contribution is 2.35. The monoisotopic (exact) mass is 1080 g/mol. The van der Waals surface area contributed by atoms with Crippen LogP contribution in [-0.2, 0) is 39.4 Å². The van der Waals surface area contributed by atoms with Gasteiger partial charge in [-0.1, -0.05) is 29.3 Å². The average Bonchev–Trinajstić information content (AvgIpc) is 3.88. The summed E-state index contributed by atoms with van der Waals surface area (Å²) in [6.45, 7) is 5.76. The summed E-state index contributed by atoms with van der Waals surface area (Å²) < 4.78 is 120. The van der Waals surface area contributed by atoms with Crippen molar-refractivity contribution in [3.8, 4) is 0 Å². The molecule has 6 heterocycles. The lowest BCUT2D eigenvalue weighted by atomic mass is 9.96. The maximum atomic E-state index is 12.7. The normalized spacial score (nSPS) is 15.6. The number of carbonyl (C=O) groups excluding carboxylic acids is 1. The van der Waals surface area contributed by atoms with Crippen LogP contribution in [0.4, 0.5) is 38.0 Å². The van der Waals surface area contributed by atoms with E-state index in [1.807, 2.05) is 0 Å². The van der Waals surface area contributed by atoms with Crippen LogP contribution >= 0.6 is 45.9 Å². The van der Waals surface area contributed by atoms with Crippen LogP contribution in [0.3, 0.4) is 0 Å². The number of nitrogens with zero attached hydrogens (tertiary/aromatic N) is 5. The molecule has 6 aromatic rings. The van der Waals surface area contributed by atoms with Crippen LogP contribution in [0.15, 0.2) is 71.0 Å². The highest BCUT2D eigenvalue weighted by molar-refractivity contribution is 7.89. The number of primary sulfonamides is 2. The van der Waals surface area contributed by atoms with Gasteiger partial charge in [0.1, 0.15) is 34.0 Å². The molecule has 0 aliphatic carbocycles. The average molecular weight is 1080 g/mol. The minimum Gasteiger partial charge on any atom is -0.369 e. The van der Waals surface area contributed by atoms with E-state index in [4.69, 9.17) is 33.5 Å². The molecular weight excluding hydrogens is 1040 g/mol. The first-order valence-electron chi connectivity index (χ1n) is 21.0. The van der Waals surface area contributed by atoms with Gasteiger partial charge in [-0.25, -0.2) is 47.0 Å². The lowest BCUT2D eigenvalue weighted by molar-refractivity contribution is -0.127. The van der Waals surface area contributed by atoms with Crippen LogP contribution in [0.2, 0.25) is 10.0 Å². The van der Waals surface area contributed by atoms with Gasteiger partial charge in [0.15, 0.2) is 6.29 Å². The van der Waals surface area contributed by atoms with Crippen LogP contribution in [0.25, 0.3) is 20.4 Å². The predicted octanol–water partition coefficient (Wildman–Crippen LogP) is 8.43. The quantitative estimate of drug-likeness (QED) is 0.0541. The fourth-order valence-corrected chi connectivity index (χ4v) is 11.2. The molecular formula is C42H46Cl2F6N10O5S4. The number of alkyl halides is 6. The summed E-state index contributed by atoms with van der Waals surface area (Å²) in [6, 6.07) is 11.3. The number of likely N-dealkylation sites (tertiary alicyclic amines) is 1. The van der Waals surface area contributed by atoms with E-state index in [0.717, 1.165) is 92.7 Å². The molecule has 69 heavy (non-hydrogen) atoms. The Morgan fingerprint density at radius 3 is 1.59 bits per heavy atom. The Morgan fingerprint density at radius 2 is 1.16 bits per heavy atom. The van der Waals surface area contributed by atoms with Gasteiger partial charge in [0.2, 0.25) is 20.0 Å². The zero-order chi connectivity index (χ0) is 50.1. The number of nitrogens with two attached hydrogens (primary N) is 2. The number of aromatic nitrogens is 4. The van der Waals surface area contributed by atoms with E-state index < -0.39 is 45.2 Å². The van der Waals surface area contributed by atoms with Crippen molar-refractivity contribution in [2.45, 2.75) is 67.2 Å². The van der Waals surface area contributed by atoms with E-state index in [2.05, 4.69) is 40.8 Å². The van der Waals surface area contributed by atoms with Crippen LogP contribution in [0, 0.1) is 11.8 Å². The van der Waals surface area contributed by atoms with Gasteiger partial charge in [-0.3, -0.25) is 9.69 Å². The van der Waals surface area contributed by atoms with Gasteiger partial charge in [-0.05, 0) is 112 Å². The third-order valence-electron chi connectivity index (χ3n) is 11.0. The van der Waals surface area contributed by atoms with Crippen molar-refractivity contribution < 1.29 is 48.0 Å².